The third kappa shape index (κ3) is 2.46. The van der Waals surface area contributed by atoms with Crippen LogP contribution in [0.5, 0.6) is 0 Å². The summed E-state index contributed by atoms with van der Waals surface area (Å²) in [5, 5.41) is 3.63. The number of nitrogens with one attached hydrogen (secondary N) is 1. The average molecular weight is 271 g/mol. The fourth-order valence-electron chi connectivity index (χ4n) is 4.92. The fourth-order valence-corrected chi connectivity index (χ4v) is 5.59. The van der Waals surface area contributed by atoms with Crippen LogP contribution in [-0.4, -0.2) is 33.0 Å². The Kier molecular flexibility index (Phi) is 3.43. The number of hydrogen-bond donors (Lipinski definition) is 1. The van der Waals surface area contributed by atoms with E-state index in [4.69, 9.17) is 0 Å². The van der Waals surface area contributed by atoms with E-state index in [-0.39, 0.29) is 0 Å². The van der Waals surface area contributed by atoms with Crippen molar-refractivity contribution < 1.29 is 8.42 Å². The molecule has 0 radical (unpaired) electrons. The molecule has 4 heteroatoms. The summed E-state index contributed by atoms with van der Waals surface area (Å²) in [4.78, 5) is 0. The maximum Gasteiger partial charge on any atom is 0.147 e. The maximum absolute atomic E-state index is 11.1. The van der Waals surface area contributed by atoms with Crippen LogP contribution in [0.3, 0.4) is 0 Å². The van der Waals surface area contributed by atoms with Gasteiger partial charge in [-0.15, -0.1) is 0 Å². The molecule has 0 aromatic heterocycles. The van der Waals surface area contributed by atoms with Crippen LogP contribution in [0.25, 0.3) is 0 Å². The third-order valence-corrected chi connectivity index (χ3v) is 6.56. The molecule has 0 saturated heterocycles. The maximum atomic E-state index is 11.1. The number of sulfone groups is 1. The van der Waals surface area contributed by atoms with E-state index in [0.29, 0.717) is 11.8 Å². The molecule has 0 aromatic rings. The van der Waals surface area contributed by atoms with E-state index in [2.05, 4.69) is 5.32 Å². The highest BCUT2D eigenvalue weighted by Crippen LogP contribution is 2.58. The number of fused-ring (bicyclic) bond motifs is 5. The Hall–Kier alpha value is -0.0900. The molecule has 3 aliphatic carbocycles. The summed E-state index contributed by atoms with van der Waals surface area (Å²) < 4.78 is 22.2. The van der Waals surface area contributed by atoms with Gasteiger partial charge in [-0.2, -0.15) is 0 Å². The molecule has 2 bridgehead atoms. The molecule has 104 valence electrons. The molecule has 1 N–H and O–H groups in total. The highest BCUT2D eigenvalue weighted by Gasteiger charge is 2.53. The third-order valence-electron chi connectivity index (χ3n) is 5.53. The molecule has 5 atom stereocenters. The lowest BCUT2D eigenvalue weighted by molar-refractivity contribution is 0.209. The van der Waals surface area contributed by atoms with Gasteiger partial charge in [-0.05, 0) is 62.3 Å². The summed E-state index contributed by atoms with van der Waals surface area (Å²) >= 11 is 0. The van der Waals surface area contributed by atoms with Gasteiger partial charge in [-0.25, -0.2) is 8.42 Å². The van der Waals surface area contributed by atoms with E-state index in [0.717, 1.165) is 36.6 Å². The van der Waals surface area contributed by atoms with Crippen LogP contribution in [0.1, 0.15) is 38.5 Å². The molecule has 5 unspecified atom stereocenters. The average Bonchev–Trinajstić information content (AvgIpc) is 2.94. The Balaban J connectivity index is 1.45. The Morgan fingerprint density at radius 2 is 1.89 bits per heavy atom. The molecule has 3 saturated carbocycles. The molecule has 0 spiro atoms. The van der Waals surface area contributed by atoms with Crippen LogP contribution in [-0.2, 0) is 9.84 Å². The summed E-state index contributed by atoms with van der Waals surface area (Å²) in [6, 6.07) is 0.689. The Bertz CT molecular complexity index is 406. The van der Waals surface area contributed by atoms with Gasteiger partial charge >= 0.3 is 0 Å². The van der Waals surface area contributed by atoms with Crippen molar-refractivity contribution in [1.82, 2.24) is 5.32 Å². The summed E-state index contributed by atoms with van der Waals surface area (Å²) in [5.41, 5.74) is 0. The van der Waals surface area contributed by atoms with Gasteiger partial charge in [0.15, 0.2) is 0 Å². The Morgan fingerprint density at radius 1 is 1.11 bits per heavy atom. The molecule has 3 rings (SSSR count). The van der Waals surface area contributed by atoms with Gasteiger partial charge in [0.2, 0.25) is 0 Å². The number of hydrogen-bond acceptors (Lipinski definition) is 3. The van der Waals surface area contributed by atoms with E-state index >= 15 is 0 Å². The first-order valence-corrected chi connectivity index (χ1v) is 9.52. The molecule has 3 aliphatic rings. The van der Waals surface area contributed by atoms with Crippen LogP contribution in [0, 0.1) is 23.7 Å². The highest BCUT2D eigenvalue weighted by atomic mass is 32.2. The van der Waals surface area contributed by atoms with Gasteiger partial charge < -0.3 is 5.32 Å². The molecule has 0 heterocycles. The monoisotopic (exact) mass is 271 g/mol. The first-order valence-electron chi connectivity index (χ1n) is 7.46. The van der Waals surface area contributed by atoms with Gasteiger partial charge in [0.1, 0.15) is 9.84 Å². The van der Waals surface area contributed by atoms with Crippen LogP contribution >= 0.6 is 0 Å². The van der Waals surface area contributed by atoms with Gasteiger partial charge in [0.25, 0.3) is 0 Å². The summed E-state index contributed by atoms with van der Waals surface area (Å²) in [7, 11) is -2.78. The minimum Gasteiger partial charge on any atom is -0.314 e. The van der Waals surface area contributed by atoms with Crippen molar-refractivity contribution >= 4 is 9.84 Å². The van der Waals surface area contributed by atoms with E-state index in [1.165, 1.54) is 38.4 Å². The van der Waals surface area contributed by atoms with Crippen LogP contribution < -0.4 is 5.32 Å². The van der Waals surface area contributed by atoms with Crippen molar-refractivity contribution in [1.29, 1.82) is 0 Å². The molecule has 0 amide bonds. The second-order valence-electron chi connectivity index (χ2n) is 6.70. The van der Waals surface area contributed by atoms with Crippen molar-refractivity contribution in [2.75, 3.05) is 18.6 Å². The van der Waals surface area contributed by atoms with Crippen LogP contribution in [0.15, 0.2) is 0 Å². The molecular weight excluding hydrogens is 246 g/mol. The van der Waals surface area contributed by atoms with Crippen molar-refractivity contribution in [2.24, 2.45) is 23.7 Å². The molecule has 0 aromatic carbocycles. The topological polar surface area (TPSA) is 46.2 Å². The fraction of sp³-hybridized carbons (Fsp3) is 1.00. The van der Waals surface area contributed by atoms with E-state index < -0.39 is 9.84 Å². The van der Waals surface area contributed by atoms with Crippen molar-refractivity contribution in [3.8, 4) is 0 Å². The van der Waals surface area contributed by atoms with Gasteiger partial charge in [-0.3, -0.25) is 0 Å². The summed E-state index contributed by atoms with van der Waals surface area (Å²) in [6.07, 6.45) is 9.27. The molecule has 3 fully saturated rings. The summed E-state index contributed by atoms with van der Waals surface area (Å²) in [6.45, 7) is 0.873. The molecule has 0 aliphatic heterocycles. The van der Waals surface area contributed by atoms with E-state index in [9.17, 15) is 8.42 Å². The van der Waals surface area contributed by atoms with Gasteiger partial charge in [0.05, 0.1) is 5.75 Å². The zero-order valence-corrected chi connectivity index (χ0v) is 12.1. The smallest absolute Gasteiger partial charge is 0.147 e. The van der Waals surface area contributed by atoms with Gasteiger partial charge in [0, 0.05) is 12.3 Å². The quantitative estimate of drug-likeness (QED) is 0.776. The number of rotatable bonds is 5. The molecule has 3 nitrogen and oxygen atoms in total. The predicted molar refractivity (Wildman–Crippen MR) is 73.2 cm³/mol. The second-order valence-corrected chi connectivity index (χ2v) is 8.96. The first-order chi connectivity index (χ1) is 8.54. The molecule has 18 heavy (non-hydrogen) atoms. The van der Waals surface area contributed by atoms with Crippen LogP contribution in [0.4, 0.5) is 0 Å². The van der Waals surface area contributed by atoms with E-state index in [1.54, 1.807) is 0 Å². The molecular formula is C14H25NO2S. The minimum absolute atomic E-state index is 0.326. The van der Waals surface area contributed by atoms with Gasteiger partial charge in [-0.1, -0.05) is 6.42 Å². The zero-order chi connectivity index (χ0) is 12.8. The van der Waals surface area contributed by atoms with Crippen molar-refractivity contribution in [3.05, 3.63) is 0 Å². The zero-order valence-electron chi connectivity index (χ0n) is 11.3. The Labute approximate surface area is 111 Å². The predicted octanol–water partition coefficient (Wildman–Crippen LogP) is 1.84. The second kappa shape index (κ2) is 4.78. The highest BCUT2D eigenvalue weighted by molar-refractivity contribution is 7.90. The van der Waals surface area contributed by atoms with Crippen LogP contribution in [0.2, 0.25) is 0 Å². The SMILES string of the molecule is CS(=O)(=O)CCCNC1CC2CC1C1CCCC21. The normalized spacial score (nSPS) is 42.4. The Morgan fingerprint density at radius 3 is 2.67 bits per heavy atom. The first kappa shape index (κ1) is 12.9. The largest absolute Gasteiger partial charge is 0.314 e. The van der Waals surface area contributed by atoms with Crippen molar-refractivity contribution in [3.63, 3.8) is 0 Å². The lowest BCUT2D eigenvalue weighted by atomic mass is 9.79. The lowest BCUT2D eigenvalue weighted by Gasteiger charge is -2.32. The van der Waals surface area contributed by atoms with Crippen molar-refractivity contribution in [2.45, 2.75) is 44.6 Å². The minimum atomic E-state index is -2.78. The lowest BCUT2D eigenvalue weighted by Crippen LogP contribution is -2.40. The standard InChI is InChI=1S/C14H25NO2S/c1-18(16,17)7-3-6-15-14-9-10-8-13(14)12-5-2-4-11(10)12/h10-15H,2-9H2,1H3. The van der Waals surface area contributed by atoms with E-state index in [1.807, 2.05) is 0 Å². The summed E-state index contributed by atoms with van der Waals surface area (Å²) in [5.74, 6) is 4.25.